The Hall–Kier alpha value is -4.79. The van der Waals surface area contributed by atoms with Crippen molar-refractivity contribution >= 4 is 12.1 Å². The molecule has 38 heavy (non-hydrogen) atoms. The average molecular weight is 517 g/mol. The molecular weight excluding hydrogens is 488 g/mol. The van der Waals surface area contributed by atoms with E-state index in [2.05, 4.69) is 4.98 Å². The fourth-order valence-corrected chi connectivity index (χ4v) is 3.58. The van der Waals surface area contributed by atoms with Gasteiger partial charge in [-0.2, -0.15) is 0 Å². The highest BCUT2D eigenvalue weighted by molar-refractivity contribution is 5.79. The second-order valence-corrected chi connectivity index (χ2v) is 8.23. The summed E-state index contributed by atoms with van der Waals surface area (Å²) in [4.78, 5) is 30.6. The highest BCUT2D eigenvalue weighted by Crippen LogP contribution is 2.21. The summed E-state index contributed by atoms with van der Waals surface area (Å²) in [5.41, 5.74) is 2.45. The van der Waals surface area contributed by atoms with E-state index < -0.39 is 12.1 Å². The second-order valence-electron chi connectivity index (χ2n) is 8.23. The van der Waals surface area contributed by atoms with Crippen LogP contribution in [0, 0.1) is 0 Å². The lowest BCUT2D eigenvalue weighted by molar-refractivity contribution is -0.141. The van der Waals surface area contributed by atoms with Crippen molar-refractivity contribution in [3.63, 3.8) is 0 Å². The normalized spacial score (nSPS) is 10.5. The molecule has 0 aliphatic carbocycles. The summed E-state index contributed by atoms with van der Waals surface area (Å²) >= 11 is 0. The number of carbonyl (C=O) groups excluding carboxylic acids is 2. The predicted molar refractivity (Wildman–Crippen MR) is 139 cm³/mol. The van der Waals surface area contributed by atoms with E-state index in [9.17, 15) is 9.59 Å². The van der Waals surface area contributed by atoms with Crippen LogP contribution in [-0.4, -0.2) is 49.3 Å². The Bertz CT molecular complexity index is 1340. The summed E-state index contributed by atoms with van der Waals surface area (Å²) in [6, 6.07) is 23.5. The number of methoxy groups -OCH3 is 2. The number of esters is 1. The van der Waals surface area contributed by atoms with Crippen LogP contribution in [0.2, 0.25) is 0 Å². The first kappa shape index (κ1) is 26.3. The molecule has 0 aliphatic heterocycles. The van der Waals surface area contributed by atoms with Crippen LogP contribution in [0.5, 0.6) is 17.2 Å². The topological polar surface area (TPSA) is 100 Å². The van der Waals surface area contributed by atoms with Gasteiger partial charge in [-0.1, -0.05) is 30.3 Å². The first-order valence-electron chi connectivity index (χ1n) is 11.9. The van der Waals surface area contributed by atoms with Gasteiger partial charge in [-0.25, -0.2) is 9.78 Å². The zero-order valence-electron chi connectivity index (χ0n) is 21.2. The van der Waals surface area contributed by atoms with Crippen molar-refractivity contribution in [2.45, 2.75) is 13.0 Å². The lowest BCUT2D eigenvalue weighted by Crippen LogP contribution is -2.37. The molecule has 0 saturated heterocycles. The monoisotopic (exact) mass is 516 g/mol. The molecule has 4 rings (SSSR count). The highest BCUT2D eigenvalue weighted by atomic mass is 16.6. The molecule has 0 radical (unpaired) electrons. The van der Waals surface area contributed by atoms with Crippen molar-refractivity contribution in [3.8, 4) is 28.7 Å². The minimum absolute atomic E-state index is 0.116. The number of nitrogens with zero attached hydrogens (tertiary/aromatic N) is 2. The molecule has 0 saturated carbocycles. The zero-order chi connectivity index (χ0) is 26.7. The van der Waals surface area contributed by atoms with E-state index in [4.69, 9.17) is 23.4 Å². The Balaban J connectivity index is 1.36. The SMILES string of the molecule is COC(=O)CN(Cc1cccc(OCCc2coc(-c3ccccc3)n2)c1)C(=O)Oc1ccc(OC)cc1. The van der Waals surface area contributed by atoms with Crippen molar-refractivity contribution in [2.75, 3.05) is 27.4 Å². The van der Waals surface area contributed by atoms with E-state index in [0.717, 1.165) is 16.8 Å². The highest BCUT2D eigenvalue weighted by Gasteiger charge is 2.20. The molecule has 196 valence electrons. The molecule has 0 unspecified atom stereocenters. The maximum Gasteiger partial charge on any atom is 0.416 e. The number of ether oxygens (including phenoxy) is 4. The number of aromatic nitrogens is 1. The predicted octanol–water partition coefficient (Wildman–Crippen LogP) is 5.15. The molecule has 4 aromatic rings. The number of carbonyl (C=O) groups is 2. The van der Waals surface area contributed by atoms with Gasteiger partial charge in [0.1, 0.15) is 30.1 Å². The summed E-state index contributed by atoms with van der Waals surface area (Å²) in [7, 11) is 2.81. The van der Waals surface area contributed by atoms with E-state index in [1.165, 1.54) is 12.0 Å². The van der Waals surface area contributed by atoms with Gasteiger partial charge in [-0.15, -0.1) is 0 Å². The quantitative estimate of drug-likeness (QED) is 0.253. The Kier molecular flexibility index (Phi) is 8.96. The van der Waals surface area contributed by atoms with Crippen molar-refractivity contribution in [2.24, 2.45) is 0 Å². The Labute approximate surface area is 220 Å². The molecule has 0 fully saturated rings. The molecule has 9 nitrogen and oxygen atoms in total. The van der Waals surface area contributed by atoms with Crippen molar-refractivity contribution in [1.82, 2.24) is 9.88 Å². The van der Waals surface area contributed by atoms with Crippen LogP contribution in [0.3, 0.4) is 0 Å². The Morgan fingerprint density at radius 1 is 0.895 bits per heavy atom. The number of benzene rings is 3. The smallest absolute Gasteiger partial charge is 0.416 e. The van der Waals surface area contributed by atoms with Gasteiger partial charge in [-0.05, 0) is 54.1 Å². The number of rotatable bonds is 11. The van der Waals surface area contributed by atoms with Gasteiger partial charge < -0.3 is 23.4 Å². The summed E-state index contributed by atoms with van der Waals surface area (Å²) in [6.07, 6.45) is 1.50. The molecule has 0 bridgehead atoms. The molecule has 1 aromatic heterocycles. The number of hydrogen-bond acceptors (Lipinski definition) is 8. The molecule has 9 heteroatoms. The third kappa shape index (κ3) is 7.36. The summed E-state index contributed by atoms with van der Waals surface area (Å²) in [5, 5.41) is 0. The van der Waals surface area contributed by atoms with Crippen molar-refractivity contribution < 1.29 is 33.0 Å². The van der Waals surface area contributed by atoms with E-state index >= 15 is 0 Å². The van der Waals surface area contributed by atoms with E-state index in [-0.39, 0.29) is 13.1 Å². The molecule has 0 aliphatic rings. The average Bonchev–Trinajstić information content (AvgIpc) is 3.43. The molecule has 0 N–H and O–H groups in total. The molecule has 1 amide bonds. The van der Waals surface area contributed by atoms with E-state index in [1.807, 2.05) is 54.6 Å². The number of amides is 1. The fraction of sp³-hybridized carbons (Fsp3) is 0.207. The van der Waals surface area contributed by atoms with E-state index in [0.29, 0.717) is 36.2 Å². The third-order valence-corrected chi connectivity index (χ3v) is 5.54. The Morgan fingerprint density at radius 3 is 2.39 bits per heavy atom. The second kappa shape index (κ2) is 13.0. The summed E-state index contributed by atoms with van der Waals surface area (Å²) < 4.78 is 26.8. The lowest BCUT2D eigenvalue weighted by atomic mass is 10.2. The molecule has 0 spiro atoms. The number of hydrogen-bond donors (Lipinski definition) is 0. The first-order valence-corrected chi connectivity index (χ1v) is 11.9. The largest absolute Gasteiger partial charge is 0.497 e. The molecule has 1 heterocycles. The Morgan fingerprint density at radius 2 is 1.66 bits per heavy atom. The van der Waals surface area contributed by atoms with E-state index in [1.54, 1.807) is 37.6 Å². The third-order valence-electron chi connectivity index (χ3n) is 5.54. The van der Waals surface area contributed by atoms with Gasteiger partial charge in [0.2, 0.25) is 5.89 Å². The van der Waals surface area contributed by atoms with Crippen LogP contribution in [0.4, 0.5) is 4.79 Å². The molecule has 3 aromatic carbocycles. The van der Waals surface area contributed by atoms with Crippen LogP contribution in [0.15, 0.2) is 89.5 Å². The van der Waals surface area contributed by atoms with Crippen LogP contribution >= 0.6 is 0 Å². The van der Waals surface area contributed by atoms with Gasteiger partial charge in [0, 0.05) is 18.5 Å². The van der Waals surface area contributed by atoms with Gasteiger partial charge in [0.05, 0.1) is 26.5 Å². The fourth-order valence-electron chi connectivity index (χ4n) is 3.58. The maximum absolute atomic E-state index is 12.9. The van der Waals surface area contributed by atoms with Crippen LogP contribution in [-0.2, 0) is 22.5 Å². The minimum Gasteiger partial charge on any atom is -0.497 e. The van der Waals surface area contributed by atoms with Crippen molar-refractivity contribution in [1.29, 1.82) is 0 Å². The van der Waals surface area contributed by atoms with Crippen LogP contribution in [0.1, 0.15) is 11.3 Å². The first-order chi connectivity index (χ1) is 18.5. The van der Waals surface area contributed by atoms with Crippen LogP contribution in [0.25, 0.3) is 11.5 Å². The molecule has 0 atom stereocenters. The number of oxazole rings is 1. The standard InChI is InChI=1S/C29H28N2O7/c1-34-24-11-13-25(14-12-24)38-29(33)31(19-27(32)35-2)18-21-7-6-10-26(17-21)36-16-15-23-20-37-28(30-23)22-8-4-3-5-9-22/h3-14,17,20H,15-16,18-19H2,1-2H3. The molecular formula is C29H28N2O7. The lowest BCUT2D eigenvalue weighted by Gasteiger charge is -2.21. The summed E-state index contributed by atoms with van der Waals surface area (Å²) in [5.74, 6) is 1.58. The zero-order valence-corrected chi connectivity index (χ0v) is 21.2. The summed E-state index contributed by atoms with van der Waals surface area (Å²) in [6.45, 7) is 0.229. The van der Waals surface area contributed by atoms with Gasteiger partial charge in [-0.3, -0.25) is 9.69 Å². The van der Waals surface area contributed by atoms with Crippen molar-refractivity contribution in [3.05, 3.63) is 96.4 Å². The van der Waals surface area contributed by atoms with Gasteiger partial charge >= 0.3 is 12.1 Å². The van der Waals surface area contributed by atoms with Gasteiger partial charge in [0.15, 0.2) is 0 Å². The van der Waals surface area contributed by atoms with Gasteiger partial charge in [0.25, 0.3) is 0 Å². The minimum atomic E-state index is -0.688. The maximum atomic E-state index is 12.9. The van der Waals surface area contributed by atoms with Crippen LogP contribution < -0.4 is 14.2 Å².